The van der Waals surface area contributed by atoms with Gasteiger partial charge in [-0.1, -0.05) is 6.92 Å². The molecule has 1 aromatic heterocycles. The molecule has 1 saturated carbocycles. The van der Waals surface area contributed by atoms with E-state index in [1.165, 1.54) is 28.0 Å². The number of rotatable bonds is 5. The zero-order valence-electron chi connectivity index (χ0n) is 10.6. The fraction of sp³-hybridized carbons (Fsp3) is 0.467. The first-order valence-corrected chi connectivity index (χ1v) is 7.52. The van der Waals surface area contributed by atoms with Gasteiger partial charge in [-0.3, -0.25) is 0 Å². The molecule has 0 atom stereocenters. The highest BCUT2D eigenvalue weighted by molar-refractivity contribution is 7.19. The Hall–Kier alpha value is -0.930. The summed E-state index contributed by atoms with van der Waals surface area (Å²) in [6, 6.07) is 5.20. The normalized spacial score (nSPS) is 15.4. The van der Waals surface area contributed by atoms with E-state index in [-0.39, 0.29) is 5.82 Å². The Morgan fingerprint density at radius 1 is 1.39 bits per heavy atom. The van der Waals surface area contributed by atoms with Gasteiger partial charge in [0.25, 0.3) is 0 Å². The molecule has 0 aliphatic heterocycles. The number of benzene rings is 1. The van der Waals surface area contributed by atoms with Crippen molar-refractivity contribution in [1.29, 1.82) is 0 Å². The highest BCUT2D eigenvalue weighted by atomic mass is 32.1. The molecule has 1 heterocycles. The molecule has 1 nitrogen and oxygen atoms in total. The Balaban J connectivity index is 1.98. The average molecular weight is 263 g/mol. The Morgan fingerprint density at radius 2 is 2.22 bits per heavy atom. The number of nitrogens with one attached hydrogen (secondary N) is 1. The molecular weight excluding hydrogens is 245 g/mol. The van der Waals surface area contributed by atoms with Gasteiger partial charge in [-0.25, -0.2) is 4.39 Å². The Bertz CT molecular complexity index is 557. The third-order valence-corrected chi connectivity index (χ3v) is 4.65. The SMILES string of the molecule is CCCNCc1sc2ccc(F)cc2c1C1CC1. The molecule has 3 rings (SSSR count). The second-order valence-corrected chi connectivity index (χ2v) is 6.17. The number of hydrogen-bond acceptors (Lipinski definition) is 2. The molecule has 18 heavy (non-hydrogen) atoms. The first kappa shape index (κ1) is 12.1. The van der Waals surface area contributed by atoms with Crippen molar-refractivity contribution in [3.63, 3.8) is 0 Å². The van der Waals surface area contributed by atoms with E-state index in [4.69, 9.17) is 0 Å². The van der Waals surface area contributed by atoms with Crippen LogP contribution in [-0.4, -0.2) is 6.54 Å². The monoisotopic (exact) mass is 263 g/mol. The van der Waals surface area contributed by atoms with Crippen molar-refractivity contribution in [2.75, 3.05) is 6.54 Å². The predicted octanol–water partition coefficient (Wildman–Crippen LogP) is 4.42. The van der Waals surface area contributed by atoms with Crippen LogP contribution in [0.15, 0.2) is 18.2 Å². The Labute approximate surface area is 111 Å². The Kier molecular flexibility index (Phi) is 3.35. The van der Waals surface area contributed by atoms with Crippen molar-refractivity contribution in [2.24, 2.45) is 0 Å². The van der Waals surface area contributed by atoms with Crippen molar-refractivity contribution < 1.29 is 4.39 Å². The van der Waals surface area contributed by atoms with Gasteiger partial charge in [0.05, 0.1) is 0 Å². The van der Waals surface area contributed by atoms with E-state index in [1.54, 1.807) is 12.1 Å². The van der Waals surface area contributed by atoms with E-state index < -0.39 is 0 Å². The fourth-order valence-corrected chi connectivity index (χ4v) is 3.71. The second kappa shape index (κ2) is 4.98. The summed E-state index contributed by atoms with van der Waals surface area (Å²) >= 11 is 1.82. The van der Waals surface area contributed by atoms with E-state index in [9.17, 15) is 4.39 Å². The third-order valence-electron chi connectivity index (χ3n) is 3.46. The van der Waals surface area contributed by atoms with E-state index in [0.717, 1.165) is 24.9 Å². The average Bonchev–Trinajstić information content (AvgIpc) is 3.12. The van der Waals surface area contributed by atoms with Gasteiger partial charge in [-0.05, 0) is 60.9 Å². The van der Waals surface area contributed by atoms with Crippen molar-refractivity contribution in [2.45, 2.75) is 38.6 Å². The molecule has 1 aliphatic carbocycles. The van der Waals surface area contributed by atoms with Crippen LogP contribution >= 0.6 is 11.3 Å². The summed E-state index contributed by atoms with van der Waals surface area (Å²) in [7, 11) is 0. The first-order valence-electron chi connectivity index (χ1n) is 6.71. The maximum atomic E-state index is 13.4. The third kappa shape index (κ3) is 2.29. The zero-order chi connectivity index (χ0) is 12.5. The number of fused-ring (bicyclic) bond motifs is 1. The fourth-order valence-electron chi connectivity index (χ4n) is 2.47. The molecule has 1 aliphatic rings. The van der Waals surface area contributed by atoms with Crippen molar-refractivity contribution in [3.8, 4) is 0 Å². The molecule has 0 spiro atoms. The van der Waals surface area contributed by atoms with Gasteiger partial charge in [0.1, 0.15) is 5.82 Å². The summed E-state index contributed by atoms with van der Waals surface area (Å²) in [6.07, 6.45) is 3.69. The lowest BCUT2D eigenvalue weighted by molar-refractivity contribution is 0.629. The minimum atomic E-state index is -0.115. The van der Waals surface area contributed by atoms with Gasteiger partial charge in [-0.2, -0.15) is 0 Å². The van der Waals surface area contributed by atoms with E-state index >= 15 is 0 Å². The molecule has 0 bridgehead atoms. The molecule has 1 fully saturated rings. The maximum Gasteiger partial charge on any atom is 0.123 e. The quantitative estimate of drug-likeness (QED) is 0.787. The van der Waals surface area contributed by atoms with Gasteiger partial charge in [-0.15, -0.1) is 11.3 Å². The van der Waals surface area contributed by atoms with Crippen molar-refractivity contribution in [3.05, 3.63) is 34.5 Å². The summed E-state index contributed by atoms with van der Waals surface area (Å²) in [5.74, 6) is 0.564. The summed E-state index contributed by atoms with van der Waals surface area (Å²) in [5.41, 5.74) is 1.41. The topological polar surface area (TPSA) is 12.0 Å². The highest BCUT2D eigenvalue weighted by Crippen LogP contribution is 2.48. The summed E-state index contributed by atoms with van der Waals surface area (Å²) < 4.78 is 14.6. The lowest BCUT2D eigenvalue weighted by Gasteiger charge is -2.04. The van der Waals surface area contributed by atoms with Crippen LogP contribution < -0.4 is 5.32 Å². The van der Waals surface area contributed by atoms with Crippen LogP contribution in [0.3, 0.4) is 0 Å². The van der Waals surface area contributed by atoms with Crippen LogP contribution in [0.5, 0.6) is 0 Å². The molecule has 3 heteroatoms. The first-order chi connectivity index (χ1) is 8.79. The van der Waals surface area contributed by atoms with Crippen molar-refractivity contribution >= 4 is 21.4 Å². The van der Waals surface area contributed by atoms with Gasteiger partial charge in [0.15, 0.2) is 0 Å². The number of thiophene rings is 1. The predicted molar refractivity (Wildman–Crippen MR) is 75.8 cm³/mol. The van der Waals surface area contributed by atoms with Gasteiger partial charge < -0.3 is 5.32 Å². The number of halogens is 1. The second-order valence-electron chi connectivity index (χ2n) is 5.03. The van der Waals surface area contributed by atoms with Crippen molar-refractivity contribution in [1.82, 2.24) is 5.32 Å². The molecule has 0 unspecified atom stereocenters. The van der Waals surface area contributed by atoms with Crippen LogP contribution in [0, 0.1) is 5.82 Å². The summed E-state index contributed by atoms with van der Waals surface area (Å²) in [5, 5.41) is 4.62. The molecular formula is C15H18FNS. The van der Waals surface area contributed by atoms with E-state index in [0.29, 0.717) is 5.92 Å². The smallest absolute Gasteiger partial charge is 0.123 e. The zero-order valence-corrected chi connectivity index (χ0v) is 11.4. The van der Waals surface area contributed by atoms with Gasteiger partial charge in [0, 0.05) is 16.1 Å². The maximum absolute atomic E-state index is 13.4. The molecule has 96 valence electrons. The minimum Gasteiger partial charge on any atom is -0.312 e. The van der Waals surface area contributed by atoms with Gasteiger partial charge in [0.2, 0.25) is 0 Å². The number of hydrogen-bond donors (Lipinski definition) is 1. The minimum absolute atomic E-state index is 0.115. The largest absolute Gasteiger partial charge is 0.312 e. The van der Waals surface area contributed by atoms with Crippen LogP contribution in [0.2, 0.25) is 0 Å². The molecule has 0 saturated heterocycles. The van der Waals surface area contributed by atoms with Gasteiger partial charge >= 0.3 is 0 Å². The Morgan fingerprint density at radius 3 is 2.94 bits per heavy atom. The van der Waals surface area contributed by atoms with Crippen LogP contribution in [-0.2, 0) is 6.54 Å². The lowest BCUT2D eigenvalue weighted by atomic mass is 10.1. The summed E-state index contributed by atoms with van der Waals surface area (Å²) in [4.78, 5) is 1.41. The van der Waals surface area contributed by atoms with Crippen LogP contribution in [0.25, 0.3) is 10.1 Å². The molecule has 1 N–H and O–H groups in total. The standard InChI is InChI=1S/C15H18FNS/c1-2-7-17-9-14-15(10-3-4-10)12-8-11(16)5-6-13(12)18-14/h5-6,8,10,17H,2-4,7,9H2,1H3. The van der Waals surface area contributed by atoms with E-state index in [2.05, 4.69) is 12.2 Å². The lowest BCUT2D eigenvalue weighted by Crippen LogP contribution is -2.13. The molecule has 0 radical (unpaired) electrons. The summed E-state index contributed by atoms with van der Waals surface area (Å²) in [6.45, 7) is 4.16. The highest BCUT2D eigenvalue weighted by Gasteiger charge is 2.29. The molecule has 1 aromatic carbocycles. The van der Waals surface area contributed by atoms with E-state index in [1.807, 2.05) is 17.4 Å². The molecule has 0 amide bonds. The van der Waals surface area contributed by atoms with Crippen LogP contribution in [0.4, 0.5) is 4.39 Å². The van der Waals surface area contributed by atoms with Crippen LogP contribution in [0.1, 0.15) is 42.5 Å². The molecule has 2 aromatic rings.